The van der Waals surface area contributed by atoms with Crippen molar-refractivity contribution in [1.29, 1.82) is 0 Å². The van der Waals surface area contributed by atoms with Crippen molar-refractivity contribution >= 4 is 11.8 Å². The van der Waals surface area contributed by atoms with Gasteiger partial charge in [-0.1, -0.05) is 19.1 Å². The van der Waals surface area contributed by atoms with Gasteiger partial charge in [-0.3, -0.25) is 9.59 Å². The van der Waals surface area contributed by atoms with E-state index >= 15 is 0 Å². The van der Waals surface area contributed by atoms with Gasteiger partial charge in [-0.15, -0.1) is 0 Å². The van der Waals surface area contributed by atoms with Crippen LogP contribution in [0.25, 0.3) is 0 Å². The lowest BCUT2D eigenvalue weighted by molar-refractivity contribution is -0.137. The van der Waals surface area contributed by atoms with Gasteiger partial charge in [0, 0.05) is 12.1 Å². The van der Waals surface area contributed by atoms with Crippen LogP contribution >= 0.6 is 0 Å². The van der Waals surface area contributed by atoms with Gasteiger partial charge in [-0.25, -0.2) is 0 Å². The minimum atomic E-state index is -0.356. The second-order valence-electron chi connectivity index (χ2n) is 7.52. The lowest BCUT2D eigenvalue weighted by Gasteiger charge is -2.36. The van der Waals surface area contributed by atoms with E-state index in [2.05, 4.69) is 11.8 Å². The van der Waals surface area contributed by atoms with Crippen LogP contribution in [0.4, 0.5) is 0 Å². The predicted molar refractivity (Wildman–Crippen MR) is 96.1 cm³/mol. The maximum absolute atomic E-state index is 12.7. The maximum atomic E-state index is 12.7. The molecule has 2 saturated carbocycles. The second kappa shape index (κ2) is 7.89. The molecule has 2 N–H and O–H groups in total. The molecule has 0 heterocycles. The second-order valence-corrected chi connectivity index (χ2v) is 7.52. The summed E-state index contributed by atoms with van der Waals surface area (Å²) in [4.78, 5) is 25.8. The molecule has 2 aliphatic carbocycles. The molecule has 5 heteroatoms. The third-order valence-corrected chi connectivity index (χ3v) is 5.27. The Balaban J connectivity index is 1.54. The quantitative estimate of drug-likeness (QED) is 0.826. The largest absolute Gasteiger partial charge is 0.484 e. The van der Waals surface area contributed by atoms with Crippen molar-refractivity contribution in [2.75, 3.05) is 6.61 Å². The maximum Gasteiger partial charge on any atom is 0.261 e. The van der Waals surface area contributed by atoms with Crippen molar-refractivity contribution in [2.24, 2.45) is 11.7 Å². The van der Waals surface area contributed by atoms with Crippen LogP contribution in [-0.4, -0.2) is 35.4 Å². The van der Waals surface area contributed by atoms with Crippen LogP contribution in [0.1, 0.15) is 51.0 Å². The fraction of sp³-hybridized carbons (Fsp3) is 0.600. The van der Waals surface area contributed by atoms with Crippen LogP contribution in [0.15, 0.2) is 24.3 Å². The van der Waals surface area contributed by atoms with Gasteiger partial charge in [0.15, 0.2) is 6.61 Å². The minimum Gasteiger partial charge on any atom is -0.484 e. The SMILES string of the molecule is CC1CCC(N(C(=O)COc2ccc(CC(N)=O)cc2)C2CC2)CC1. The number of ether oxygens (including phenoxy) is 1. The summed E-state index contributed by atoms with van der Waals surface area (Å²) < 4.78 is 5.69. The molecular formula is C20H28N2O3. The number of amides is 2. The van der Waals surface area contributed by atoms with E-state index in [9.17, 15) is 9.59 Å². The third kappa shape index (κ3) is 4.97. The number of rotatable bonds is 7. The minimum absolute atomic E-state index is 0.0811. The van der Waals surface area contributed by atoms with Crippen LogP contribution in [0.5, 0.6) is 5.75 Å². The summed E-state index contributed by atoms with van der Waals surface area (Å²) in [5.41, 5.74) is 6.04. The van der Waals surface area contributed by atoms with Crippen molar-refractivity contribution in [3.05, 3.63) is 29.8 Å². The van der Waals surface area contributed by atoms with Crippen LogP contribution in [-0.2, 0) is 16.0 Å². The van der Waals surface area contributed by atoms with E-state index in [1.165, 1.54) is 12.8 Å². The van der Waals surface area contributed by atoms with E-state index in [1.807, 2.05) is 12.1 Å². The van der Waals surface area contributed by atoms with Gasteiger partial charge in [0.1, 0.15) is 5.75 Å². The van der Waals surface area contributed by atoms with E-state index < -0.39 is 0 Å². The molecule has 0 aromatic heterocycles. The van der Waals surface area contributed by atoms with Gasteiger partial charge in [-0.2, -0.15) is 0 Å². The molecule has 2 aliphatic rings. The highest BCUT2D eigenvalue weighted by atomic mass is 16.5. The van der Waals surface area contributed by atoms with Gasteiger partial charge in [-0.05, 0) is 62.1 Å². The summed E-state index contributed by atoms with van der Waals surface area (Å²) >= 11 is 0. The average Bonchev–Trinajstić information content (AvgIpc) is 3.41. The van der Waals surface area contributed by atoms with Crippen molar-refractivity contribution in [3.8, 4) is 5.75 Å². The molecule has 5 nitrogen and oxygen atoms in total. The first-order chi connectivity index (χ1) is 12.0. The number of primary amides is 1. The van der Waals surface area contributed by atoms with E-state index in [4.69, 9.17) is 10.5 Å². The molecule has 2 fully saturated rings. The number of hydrogen-bond donors (Lipinski definition) is 1. The fourth-order valence-electron chi connectivity index (χ4n) is 3.70. The molecule has 2 amide bonds. The lowest BCUT2D eigenvalue weighted by Crippen LogP contribution is -2.45. The molecule has 0 radical (unpaired) electrons. The van der Waals surface area contributed by atoms with Crippen LogP contribution in [0.2, 0.25) is 0 Å². The molecule has 0 spiro atoms. The summed E-state index contributed by atoms with van der Waals surface area (Å²) in [5.74, 6) is 1.17. The van der Waals surface area contributed by atoms with Crippen molar-refractivity contribution < 1.29 is 14.3 Å². The Morgan fingerprint density at radius 3 is 2.12 bits per heavy atom. The number of carbonyl (C=O) groups excluding carboxylic acids is 2. The third-order valence-electron chi connectivity index (χ3n) is 5.27. The standard InChI is InChI=1S/C20H28N2O3/c1-14-2-6-16(7-3-14)22(17-8-9-17)20(24)13-25-18-10-4-15(5-11-18)12-19(21)23/h4-5,10-11,14,16-17H,2-3,6-9,12-13H2,1H3,(H2,21,23). The van der Waals surface area contributed by atoms with Crippen LogP contribution in [0.3, 0.4) is 0 Å². The molecule has 0 aliphatic heterocycles. The first-order valence-corrected chi connectivity index (χ1v) is 9.34. The van der Waals surface area contributed by atoms with Gasteiger partial charge in [0.2, 0.25) is 5.91 Å². The Morgan fingerprint density at radius 1 is 1.04 bits per heavy atom. The normalized spacial score (nSPS) is 23.1. The van der Waals surface area contributed by atoms with Crippen LogP contribution < -0.4 is 10.5 Å². The summed E-state index contributed by atoms with van der Waals surface area (Å²) in [6, 6.07) is 8.01. The van der Waals surface area contributed by atoms with Crippen molar-refractivity contribution in [3.63, 3.8) is 0 Å². The monoisotopic (exact) mass is 344 g/mol. The Kier molecular flexibility index (Phi) is 5.61. The number of carbonyl (C=O) groups is 2. The average molecular weight is 344 g/mol. The summed E-state index contributed by atoms with van der Waals surface area (Å²) in [6.45, 7) is 2.38. The molecule has 25 heavy (non-hydrogen) atoms. The van der Waals surface area contributed by atoms with E-state index in [1.54, 1.807) is 12.1 Å². The lowest BCUT2D eigenvalue weighted by atomic mass is 9.86. The van der Waals surface area contributed by atoms with Crippen molar-refractivity contribution in [2.45, 2.75) is 64.0 Å². The Hall–Kier alpha value is -2.04. The number of benzene rings is 1. The molecule has 1 aromatic rings. The molecule has 1 aromatic carbocycles. The number of nitrogens with two attached hydrogens (primary N) is 1. The zero-order chi connectivity index (χ0) is 17.8. The zero-order valence-corrected chi connectivity index (χ0v) is 14.9. The summed E-state index contributed by atoms with van der Waals surface area (Å²) in [7, 11) is 0. The van der Waals surface area contributed by atoms with Crippen molar-refractivity contribution in [1.82, 2.24) is 4.90 Å². The van der Waals surface area contributed by atoms with E-state index in [0.29, 0.717) is 17.8 Å². The number of nitrogens with zero attached hydrogens (tertiary/aromatic N) is 1. The van der Waals surface area contributed by atoms with E-state index in [0.717, 1.165) is 37.2 Å². The first kappa shape index (κ1) is 17.8. The zero-order valence-electron chi connectivity index (χ0n) is 14.9. The molecule has 0 unspecified atom stereocenters. The summed E-state index contributed by atoms with van der Waals surface area (Å²) in [6.07, 6.45) is 7.12. The highest BCUT2D eigenvalue weighted by molar-refractivity contribution is 5.79. The summed E-state index contributed by atoms with van der Waals surface area (Å²) in [5, 5.41) is 0. The Bertz CT molecular complexity index is 602. The molecule has 0 saturated heterocycles. The predicted octanol–water partition coefficient (Wildman–Crippen LogP) is 2.66. The van der Waals surface area contributed by atoms with Gasteiger partial charge < -0.3 is 15.4 Å². The van der Waals surface area contributed by atoms with Crippen LogP contribution in [0, 0.1) is 5.92 Å². The highest BCUT2D eigenvalue weighted by Crippen LogP contribution is 2.35. The molecular weight excluding hydrogens is 316 g/mol. The smallest absolute Gasteiger partial charge is 0.261 e. The fourth-order valence-corrected chi connectivity index (χ4v) is 3.70. The molecule has 0 atom stereocenters. The first-order valence-electron chi connectivity index (χ1n) is 9.34. The molecule has 136 valence electrons. The van der Waals surface area contributed by atoms with Gasteiger partial charge in [0.25, 0.3) is 5.91 Å². The Labute approximate surface area is 149 Å². The van der Waals surface area contributed by atoms with Gasteiger partial charge in [0.05, 0.1) is 6.42 Å². The Morgan fingerprint density at radius 2 is 1.60 bits per heavy atom. The topological polar surface area (TPSA) is 72.6 Å². The van der Waals surface area contributed by atoms with Gasteiger partial charge >= 0.3 is 0 Å². The highest BCUT2D eigenvalue weighted by Gasteiger charge is 2.38. The number of hydrogen-bond acceptors (Lipinski definition) is 3. The molecule has 3 rings (SSSR count). The molecule has 0 bridgehead atoms. The van der Waals surface area contributed by atoms with E-state index in [-0.39, 0.29) is 24.8 Å².